The van der Waals surface area contributed by atoms with Gasteiger partial charge in [-0.05, 0) is 12.8 Å². The highest BCUT2D eigenvalue weighted by molar-refractivity contribution is 5.75. The first-order chi connectivity index (χ1) is 6.47. The van der Waals surface area contributed by atoms with E-state index in [-0.39, 0.29) is 12.1 Å². The maximum absolute atomic E-state index is 12.6. The minimum absolute atomic E-state index is 0.0698. The fourth-order valence-electron chi connectivity index (χ4n) is 1.32. The molecule has 0 aliphatic heterocycles. The summed E-state index contributed by atoms with van der Waals surface area (Å²) < 4.78 is 30.2. The zero-order valence-electron chi connectivity index (χ0n) is 7.80. The van der Waals surface area contributed by atoms with E-state index in [1.807, 2.05) is 0 Å². The minimum Gasteiger partial charge on any atom is -0.477 e. The van der Waals surface area contributed by atoms with Gasteiger partial charge in [0.1, 0.15) is 0 Å². The lowest BCUT2D eigenvalue weighted by Gasteiger charge is -2.36. The van der Waals surface area contributed by atoms with Crippen LogP contribution in [0.3, 0.4) is 0 Å². The first-order valence-electron chi connectivity index (χ1n) is 4.35. The molecule has 0 radical (unpaired) electrons. The third-order valence-electron chi connectivity index (χ3n) is 2.41. The Labute approximate surface area is 80.2 Å². The molecule has 0 amide bonds. The van der Waals surface area contributed by atoms with Crippen molar-refractivity contribution in [1.82, 2.24) is 5.32 Å². The van der Waals surface area contributed by atoms with Gasteiger partial charge in [0.2, 0.25) is 0 Å². The Morgan fingerprint density at radius 1 is 1.64 bits per heavy atom. The van der Waals surface area contributed by atoms with Crippen molar-refractivity contribution in [1.29, 1.82) is 0 Å². The van der Waals surface area contributed by atoms with Crippen molar-refractivity contribution in [3.63, 3.8) is 0 Å². The molecule has 1 saturated carbocycles. The highest BCUT2D eigenvalue weighted by Gasteiger charge is 2.41. The maximum atomic E-state index is 12.6. The molecular formula is C8H13F2NO3. The second kappa shape index (κ2) is 4.18. The van der Waals surface area contributed by atoms with Crippen molar-refractivity contribution in [2.24, 2.45) is 0 Å². The highest BCUT2D eigenvalue weighted by atomic mass is 19.3. The average Bonchev–Trinajstić information content (AvgIpc) is 2.02. The van der Waals surface area contributed by atoms with Crippen molar-refractivity contribution in [3.05, 3.63) is 0 Å². The molecule has 1 rings (SSSR count). The standard InChI is InChI=1S/C8H13F2NO3/c1-14-6-3-2-5(6)11-4-8(9,10)7(12)13/h5-6,11H,2-4H2,1H3,(H,12,13). The Morgan fingerprint density at radius 2 is 2.29 bits per heavy atom. The molecule has 14 heavy (non-hydrogen) atoms. The van der Waals surface area contributed by atoms with Crippen molar-refractivity contribution < 1.29 is 23.4 Å². The van der Waals surface area contributed by atoms with Gasteiger partial charge in [-0.25, -0.2) is 4.79 Å². The van der Waals surface area contributed by atoms with Gasteiger partial charge < -0.3 is 15.2 Å². The summed E-state index contributed by atoms with van der Waals surface area (Å²) in [4.78, 5) is 10.1. The molecule has 0 spiro atoms. The van der Waals surface area contributed by atoms with Crippen LogP contribution in [0.25, 0.3) is 0 Å². The van der Waals surface area contributed by atoms with Crippen molar-refractivity contribution in [3.8, 4) is 0 Å². The highest BCUT2D eigenvalue weighted by Crippen LogP contribution is 2.23. The smallest absolute Gasteiger partial charge is 0.375 e. The number of carboxylic acids is 1. The number of nitrogens with one attached hydrogen (secondary N) is 1. The number of carboxylic acid groups (broad SMARTS) is 1. The monoisotopic (exact) mass is 209 g/mol. The normalized spacial score (nSPS) is 27.1. The molecule has 1 fully saturated rings. The maximum Gasteiger partial charge on any atom is 0.375 e. The summed E-state index contributed by atoms with van der Waals surface area (Å²) in [5, 5.41) is 10.6. The predicted molar refractivity (Wildman–Crippen MR) is 44.4 cm³/mol. The molecular weight excluding hydrogens is 196 g/mol. The summed E-state index contributed by atoms with van der Waals surface area (Å²) in [5.41, 5.74) is 0. The van der Waals surface area contributed by atoms with E-state index in [4.69, 9.17) is 9.84 Å². The van der Waals surface area contributed by atoms with Crippen LogP contribution in [-0.2, 0) is 9.53 Å². The summed E-state index contributed by atoms with van der Waals surface area (Å²) in [5.74, 6) is -5.80. The van der Waals surface area contributed by atoms with Crippen LogP contribution < -0.4 is 5.32 Å². The molecule has 0 aromatic heterocycles. The van der Waals surface area contributed by atoms with Gasteiger partial charge in [0.25, 0.3) is 0 Å². The first kappa shape index (κ1) is 11.3. The number of ether oxygens (including phenoxy) is 1. The molecule has 6 heteroatoms. The lowest BCUT2D eigenvalue weighted by Crippen LogP contribution is -2.53. The average molecular weight is 209 g/mol. The van der Waals surface area contributed by atoms with E-state index in [2.05, 4.69) is 5.32 Å². The Bertz CT molecular complexity index is 221. The zero-order chi connectivity index (χ0) is 10.8. The van der Waals surface area contributed by atoms with Gasteiger partial charge in [0.15, 0.2) is 0 Å². The molecule has 4 nitrogen and oxygen atoms in total. The number of aliphatic carboxylic acids is 1. The summed E-state index contributed by atoms with van der Waals surface area (Å²) in [6.07, 6.45) is 1.50. The van der Waals surface area contributed by atoms with Gasteiger partial charge in [-0.3, -0.25) is 0 Å². The molecule has 0 aromatic carbocycles. The molecule has 2 unspecified atom stereocenters. The number of halogens is 2. The minimum atomic E-state index is -3.70. The van der Waals surface area contributed by atoms with E-state index in [1.165, 1.54) is 7.11 Å². The van der Waals surface area contributed by atoms with Gasteiger partial charge in [-0.1, -0.05) is 0 Å². The molecule has 2 atom stereocenters. The van der Waals surface area contributed by atoms with E-state index < -0.39 is 18.4 Å². The molecule has 0 aromatic rings. The second-order valence-corrected chi connectivity index (χ2v) is 3.35. The third-order valence-corrected chi connectivity index (χ3v) is 2.41. The zero-order valence-corrected chi connectivity index (χ0v) is 7.80. The number of carbonyl (C=O) groups is 1. The number of alkyl halides is 2. The van der Waals surface area contributed by atoms with E-state index in [0.29, 0.717) is 0 Å². The fraction of sp³-hybridized carbons (Fsp3) is 0.875. The number of hydrogen-bond acceptors (Lipinski definition) is 3. The van der Waals surface area contributed by atoms with Gasteiger partial charge in [0.05, 0.1) is 12.6 Å². The lowest BCUT2D eigenvalue weighted by molar-refractivity contribution is -0.164. The SMILES string of the molecule is COC1CCC1NCC(F)(F)C(=O)O. The number of rotatable bonds is 5. The largest absolute Gasteiger partial charge is 0.477 e. The van der Waals surface area contributed by atoms with Gasteiger partial charge in [-0.15, -0.1) is 0 Å². The third kappa shape index (κ3) is 2.39. The van der Waals surface area contributed by atoms with Crippen LogP contribution >= 0.6 is 0 Å². The van der Waals surface area contributed by atoms with E-state index in [1.54, 1.807) is 0 Å². The van der Waals surface area contributed by atoms with Gasteiger partial charge in [-0.2, -0.15) is 8.78 Å². The Balaban J connectivity index is 2.30. The lowest BCUT2D eigenvalue weighted by atomic mass is 9.89. The summed E-state index contributed by atoms with van der Waals surface area (Å²) >= 11 is 0. The Hall–Kier alpha value is -0.750. The number of hydrogen-bond donors (Lipinski definition) is 2. The Kier molecular flexibility index (Phi) is 3.38. The quantitative estimate of drug-likeness (QED) is 0.691. The molecule has 0 saturated heterocycles. The number of methoxy groups -OCH3 is 1. The van der Waals surface area contributed by atoms with E-state index >= 15 is 0 Å². The molecule has 1 aliphatic carbocycles. The van der Waals surface area contributed by atoms with Crippen LogP contribution in [-0.4, -0.2) is 42.8 Å². The van der Waals surface area contributed by atoms with E-state index in [9.17, 15) is 13.6 Å². The van der Waals surface area contributed by atoms with Crippen LogP contribution in [0.2, 0.25) is 0 Å². The fourth-order valence-corrected chi connectivity index (χ4v) is 1.32. The second-order valence-electron chi connectivity index (χ2n) is 3.35. The molecule has 1 aliphatic rings. The molecule has 2 N–H and O–H groups in total. The predicted octanol–water partition coefficient (Wildman–Crippen LogP) is 0.473. The first-order valence-corrected chi connectivity index (χ1v) is 4.35. The van der Waals surface area contributed by atoms with Gasteiger partial charge >= 0.3 is 11.9 Å². The summed E-state index contributed by atoms with van der Waals surface area (Å²) in [6.45, 7) is -0.840. The summed E-state index contributed by atoms with van der Waals surface area (Å²) in [6, 6.07) is -0.148. The summed E-state index contributed by atoms with van der Waals surface area (Å²) in [7, 11) is 1.51. The van der Waals surface area contributed by atoms with Crippen LogP contribution in [0.5, 0.6) is 0 Å². The Morgan fingerprint density at radius 3 is 2.64 bits per heavy atom. The van der Waals surface area contributed by atoms with Crippen molar-refractivity contribution in [2.45, 2.75) is 30.9 Å². The topological polar surface area (TPSA) is 58.6 Å². The van der Waals surface area contributed by atoms with Gasteiger partial charge in [0, 0.05) is 13.2 Å². The van der Waals surface area contributed by atoms with E-state index in [0.717, 1.165) is 12.8 Å². The van der Waals surface area contributed by atoms with Crippen LogP contribution in [0.1, 0.15) is 12.8 Å². The van der Waals surface area contributed by atoms with Crippen LogP contribution in [0.4, 0.5) is 8.78 Å². The molecule has 0 heterocycles. The molecule has 0 bridgehead atoms. The van der Waals surface area contributed by atoms with Crippen LogP contribution in [0.15, 0.2) is 0 Å². The molecule has 82 valence electrons. The van der Waals surface area contributed by atoms with Crippen molar-refractivity contribution >= 4 is 5.97 Å². The van der Waals surface area contributed by atoms with Crippen LogP contribution in [0, 0.1) is 0 Å². The van der Waals surface area contributed by atoms with Crippen molar-refractivity contribution in [2.75, 3.05) is 13.7 Å².